The highest BCUT2D eigenvalue weighted by atomic mass is 16.5. The molecule has 1 aliphatic heterocycles. The molecule has 1 saturated heterocycles. The lowest BCUT2D eigenvalue weighted by atomic mass is 9.91. The van der Waals surface area contributed by atoms with Crippen molar-refractivity contribution in [3.8, 4) is 0 Å². The topological polar surface area (TPSA) is 41.6 Å². The minimum absolute atomic E-state index is 0.0434. The van der Waals surface area contributed by atoms with Crippen molar-refractivity contribution in [2.24, 2.45) is 5.92 Å². The van der Waals surface area contributed by atoms with Crippen molar-refractivity contribution in [2.75, 3.05) is 26.2 Å². The first kappa shape index (κ1) is 14.8. The third-order valence-corrected chi connectivity index (χ3v) is 4.13. The van der Waals surface area contributed by atoms with Gasteiger partial charge < -0.3 is 9.64 Å². The molecule has 0 aromatic rings. The number of hydrogen-bond acceptors (Lipinski definition) is 4. The van der Waals surface area contributed by atoms with Crippen molar-refractivity contribution >= 4 is 5.97 Å². The minimum Gasteiger partial charge on any atom is -0.465 e. The molecule has 1 saturated carbocycles. The molecule has 4 heteroatoms. The highest BCUT2D eigenvalue weighted by Crippen LogP contribution is 2.41. The molecule has 2 fully saturated rings. The Hall–Kier alpha value is -0.610. The molecule has 1 heterocycles. The second kappa shape index (κ2) is 6.23. The van der Waals surface area contributed by atoms with Crippen molar-refractivity contribution in [1.29, 1.82) is 0 Å². The summed E-state index contributed by atoms with van der Waals surface area (Å²) in [7, 11) is 0. The van der Waals surface area contributed by atoms with Crippen molar-refractivity contribution in [3.63, 3.8) is 0 Å². The smallest absolute Gasteiger partial charge is 0.327 e. The van der Waals surface area contributed by atoms with Gasteiger partial charge in [0, 0.05) is 12.6 Å². The lowest BCUT2D eigenvalue weighted by Crippen LogP contribution is -2.62. The Morgan fingerprint density at radius 2 is 2.00 bits per heavy atom. The van der Waals surface area contributed by atoms with Crippen LogP contribution >= 0.6 is 0 Å². The van der Waals surface area contributed by atoms with Crippen LogP contribution in [0, 0.1) is 5.92 Å². The van der Waals surface area contributed by atoms with Gasteiger partial charge in [0.25, 0.3) is 0 Å². The molecule has 1 aliphatic carbocycles. The van der Waals surface area contributed by atoms with Crippen LogP contribution in [0.4, 0.5) is 0 Å². The zero-order valence-electron chi connectivity index (χ0n) is 12.6. The van der Waals surface area contributed by atoms with Gasteiger partial charge in [-0.05, 0) is 65.5 Å². The van der Waals surface area contributed by atoms with E-state index in [1.807, 2.05) is 6.92 Å². The molecule has 0 aromatic carbocycles. The fourth-order valence-corrected chi connectivity index (χ4v) is 3.23. The Balaban J connectivity index is 2.14. The number of ether oxygens (including phenoxy) is 1. The van der Waals surface area contributed by atoms with Crippen molar-refractivity contribution in [1.82, 2.24) is 10.2 Å². The van der Waals surface area contributed by atoms with Gasteiger partial charge in [0.1, 0.15) is 5.54 Å². The van der Waals surface area contributed by atoms with E-state index in [0.717, 1.165) is 32.5 Å². The van der Waals surface area contributed by atoms with Gasteiger partial charge in [-0.15, -0.1) is 0 Å². The summed E-state index contributed by atoms with van der Waals surface area (Å²) in [5.74, 6) is 0.410. The molecule has 1 unspecified atom stereocenters. The summed E-state index contributed by atoms with van der Waals surface area (Å²) in [6.07, 6.45) is 4.80. The van der Waals surface area contributed by atoms with Crippen LogP contribution in [-0.4, -0.2) is 48.7 Å². The molecule has 0 amide bonds. The van der Waals surface area contributed by atoms with Crippen LogP contribution in [0.2, 0.25) is 0 Å². The van der Waals surface area contributed by atoms with Crippen LogP contribution in [0.5, 0.6) is 0 Å². The van der Waals surface area contributed by atoms with Crippen LogP contribution in [0.1, 0.15) is 46.5 Å². The molecule has 4 nitrogen and oxygen atoms in total. The van der Waals surface area contributed by atoms with Crippen LogP contribution in [0.25, 0.3) is 0 Å². The third-order valence-electron chi connectivity index (χ3n) is 4.13. The summed E-state index contributed by atoms with van der Waals surface area (Å²) in [5.41, 5.74) is -0.478. The second-order valence-electron chi connectivity index (χ2n) is 6.25. The molecule has 19 heavy (non-hydrogen) atoms. The van der Waals surface area contributed by atoms with Crippen molar-refractivity contribution < 1.29 is 9.53 Å². The van der Waals surface area contributed by atoms with E-state index in [0.29, 0.717) is 18.6 Å². The Bertz CT molecular complexity index is 309. The predicted octanol–water partition coefficient (Wildman–Crippen LogP) is 1.79. The third kappa shape index (κ3) is 3.48. The SMILES string of the molecule is CCOC(=O)C(CN1CCCC1)(NC(C)C)C1CC1. The van der Waals surface area contributed by atoms with Crippen molar-refractivity contribution in [2.45, 2.75) is 58.0 Å². The molecule has 110 valence electrons. The van der Waals surface area contributed by atoms with Gasteiger partial charge >= 0.3 is 5.97 Å². The van der Waals surface area contributed by atoms with E-state index < -0.39 is 5.54 Å². The number of esters is 1. The van der Waals surface area contributed by atoms with E-state index in [9.17, 15) is 4.79 Å². The molecule has 1 N–H and O–H groups in total. The number of carbonyl (C=O) groups is 1. The van der Waals surface area contributed by atoms with Crippen LogP contribution in [0.3, 0.4) is 0 Å². The monoisotopic (exact) mass is 268 g/mol. The van der Waals surface area contributed by atoms with E-state index in [-0.39, 0.29) is 5.97 Å². The van der Waals surface area contributed by atoms with Crippen LogP contribution in [-0.2, 0) is 9.53 Å². The molecule has 0 aromatic heterocycles. The van der Waals surface area contributed by atoms with Gasteiger partial charge in [-0.3, -0.25) is 5.32 Å². The van der Waals surface area contributed by atoms with E-state index in [1.165, 1.54) is 12.8 Å². The lowest BCUT2D eigenvalue weighted by molar-refractivity contribution is -0.153. The lowest BCUT2D eigenvalue weighted by Gasteiger charge is -2.37. The van der Waals surface area contributed by atoms with Crippen molar-refractivity contribution in [3.05, 3.63) is 0 Å². The molecule has 0 spiro atoms. The molecular weight excluding hydrogens is 240 g/mol. The Morgan fingerprint density at radius 3 is 2.47 bits per heavy atom. The highest BCUT2D eigenvalue weighted by Gasteiger charge is 2.53. The molecule has 1 atom stereocenters. The summed E-state index contributed by atoms with van der Waals surface area (Å²) < 4.78 is 5.39. The number of rotatable bonds is 7. The summed E-state index contributed by atoms with van der Waals surface area (Å²) in [5, 5.41) is 3.55. The zero-order chi connectivity index (χ0) is 13.9. The molecule has 2 rings (SSSR count). The zero-order valence-corrected chi connectivity index (χ0v) is 12.6. The maximum atomic E-state index is 12.6. The predicted molar refractivity (Wildman–Crippen MR) is 76.0 cm³/mol. The van der Waals surface area contributed by atoms with E-state index in [4.69, 9.17) is 4.74 Å². The average molecular weight is 268 g/mol. The summed E-state index contributed by atoms with van der Waals surface area (Å²) in [6.45, 7) is 9.63. The normalized spacial score (nSPS) is 23.6. The molecular formula is C15H28N2O2. The Kier molecular flexibility index (Phi) is 4.85. The maximum Gasteiger partial charge on any atom is 0.327 e. The molecule has 2 aliphatic rings. The van der Waals surface area contributed by atoms with Gasteiger partial charge in [0.05, 0.1) is 6.61 Å². The molecule has 0 radical (unpaired) electrons. The van der Waals surface area contributed by atoms with E-state index in [1.54, 1.807) is 0 Å². The Morgan fingerprint density at radius 1 is 1.37 bits per heavy atom. The quantitative estimate of drug-likeness (QED) is 0.715. The van der Waals surface area contributed by atoms with E-state index >= 15 is 0 Å². The second-order valence-corrected chi connectivity index (χ2v) is 6.25. The first-order valence-electron chi connectivity index (χ1n) is 7.75. The van der Waals surface area contributed by atoms with Gasteiger partial charge in [0.2, 0.25) is 0 Å². The fourth-order valence-electron chi connectivity index (χ4n) is 3.23. The fraction of sp³-hybridized carbons (Fsp3) is 0.933. The molecule has 0 bridgehead atoms. The van der Waals surface area contributed by atoms with Gasteiger partial charge in [-0.1, -0.05) is 0 Å². The van der Waals surface area contributed by atoms with Crippen LogP contribution < -0.4 is 5.32 Å². The summed E-state index contributed by atoms with van der Waals surface area (Å²) in [6, 6.07) is 0.299. The largest absolute Gasteiger partial charge is 0.465 e. The standard InChI is InChI=1S/C15H28N2O2/c1-4-19-14(18)15(13-7-8-13,16-12(2)3)11-17-9-5-6-10-17/h12-13,16H,4-11H2,1-3H3. The number of likely N-dealkylation sites (tertiary alicyclic amines) is 1. The average Bonchev–Trinajstić information content (AvgIpc) is 3.08. The number of hydrogen-bond donors (Lipinski definition) is 1. The Labute approximate surface area is 116 Å². The first-order valence-corrected chi connectivity index (χ1v) is 7.75. The summed E-state index contributed by atoms with van der Waals surface area (Å²) in [4.78, 5) is 15.0. The van der Waals surface area contributed by atoms with Gasteiger partial charge in [-0.2, -0.15) is 0 Å². The first-order chi connectivity index (χ1) is 9.08. The van der Waals surface area contributed by atoms with Gasteiger partial charge in [0.15, 0.2) is 0 Å². The van der Waals surface area contributed by atoms with E-state index in [2.05, 4.69) is 24.1 Å². The minimum atomic E-state index is -0.478. The maximum absolute atomic E-state index is 12.6. The number of nitrogens with one attached hydrogen (secondary N) is 1. The number of carbonyl (C=O) groups excluding carboxylic acids is 1. The number of nitrogens with zero attached hydrogens (tertiary/aromatic N) is 1. The summed E-state index contributed by atoms with van der Waals surface area (Å²) >= 11 is 0. The highest BCUT2D eigenvalue weighted by molar-refractivity contribution is 5.82. The van der Waals surface area contributed by atoms with Gasteiger partial charge in [-0.25, -0.2) is 4.79 Å². The van der Waals surface area contributed by atoms with Crippen LogP contribution in [0.15, 0.2) is 0 Å².